The molecule has 0 aliphatic carbocycles. The number of benzene rings is 1. The molecule has 0 atom stereocenters. The van der Waals surface area contributed by atoms with Crippen LogP contribution < -0.4 is 0 Å². The van der Waals surface area contributed by atoms with Crippen molar-refractivity contribution in [1.29, 1.82) is 0 Å². The van der Waals surface area contributed by atoms with Crippen molar-refractivity contribution in [2.75, 3.05) is 19.1 Å². The molecule has 0 heterocycles. The summed E-state index contributed by atoms with van der Waals surface area (Å²) >= 11 is 3.34. The number of sulfone groups is 1. The Morgan fingerprint density at radius 1 is 1.41 bits per heavy atom. The van der Waals surface area contributed by atoms with Crippen LogP contribution in [0.2, 0.25) is 0 Å². The summed E-state index contributed by atoms with van der Waals surface area (Å²) in [6.07, 6.45) is 1.05. The third-order valence-corrected chi connectivity index (χ3v) is 3.38. The fourth-order valence-corrected chi connectivity index (χ4v) is 2.45. The monoisotopic (exact) mass is 319 g/mol. The lowest BCUT2D eigenvalue weighted by molar-refractivity contribution is -0.127. The van der Waals surface area contributed by atoms with E-state index in [0.29, 0.717) is 6.54 Å². The van der Waals surface area contributed by atoms with E-state index in [4.69, 9.17) is 0 Å². The molecular formula is C11H14BrNO3S. The third kappa shape index (κ3) is 5.32. The topological polar surface area (TPSA) is 54.5 Å². The van der Waals surface area contributed by atoms with Crippen LogP contribution in [0.5, 0.6) is 0 Å². The zero-order chi connectivity index (χ0) is 13.1. The van der Waals surface area contributed by atoms with Crippen molar-refractivity contribution in [2.24, 2.45) is 0 Å². The van der Waals surface area contributed by atoms with Crippen LogP contribution in [0.25, 0.3) is 0 Å². The van der Waals surface area contributed by atoms with Gasteiger partial charge >= 0.3 is 0 Å². The smallest absolute Gasteiger partial charge is 0.237 e. The van der Waals surface area contributed by atoms with Crippen molar-refractivity contribution in [3.8, 4) is 0 Å². The Kier molecular flexibility index (Phi) is 4.70. The molecule has 0 spiro atoms. The molecule has 4 nitrogen and oxygen atoms in total. The maximum atomic E-state index is 11.6. The molecule has 0 unspecified atom stereocenters. The molecule has 0 aliphatic rings. The number of nitrogens with zero attached hydrogens (tertiary/aromatic N) is 1. The van der Waals surface area contributed by atoms with Crippen LogP contribution in [0.1, 0.15) is 5.56 Å². The van der Waals surface area contributed by atoms with Gasteiger partial charge in [0, 0.05) is 24.3 Å². The third-order valence-electron chi connectivity index (χ3n) is 2.12. The predicted molar refractivity (Wildman–Crippen MR) is 70.3 cm³/mol. The van der Waals surface area contributed by atoms with Gasteiger partial charge in [-0.25, -0.2) is 8.42 Å². The summed E-state index contributed by atoms with van der Waals surface area (Å²) in [4.78, 5) is 13.0. The van der Waals surface area contributed by atoms with Crippen molar-refractivity contribution in [2.45, 2.75) is 6.54 Å². The fraction of sp³-hybridized carbons (Fsp3) is 0.364. The van der Waals surface area contributed by atoms with Crippen LogP contribution in [0.3, 0.4) is 0 Å². The lowest BCUT2D eigenvalue weighted by Crippen LogP contribution is -2.31. The van der Waals surface area contributed by atoms with E-state index >= 15 is 0 Å². The first-order valence-corrected chi connectivity index (χ1v) is 7.79. The Morgan fingerprint density at radius 2 is 2.06 bits per heavy atom. The van der Waals surface area contributed by atoms with E-state index in [-0.39, 0.29) is 0 Å². The number of carbonyl (C=O) groups excluding carboxylic acids is 1. The molecule has 0 aromatic heterocycles. The Hall–Kier alpha value is -0.880. The highest BCUT2D eigenvalue weighted by atomic mass is 79.9. The summed E-state index contributed by atoms with van der Waals surface area (Å²) in [5.41, 5.74) is 0.948. The minimum absolute atomic E-state index is 0.396. The van der Waals surface area contributed by atoms with Gasteiger partial charge in [-0.05, 0) is 17.7 Å². The Morgan fingerprint density at radius 3 is 2.59 bits per heavy atom. The number of amides is 1. The van der Waals surface area contributed by atoms with E-state index in [1.165, 1.54) is 4.90 Å². The first-order valence-electron chi connectivity index (χ1n) is 4.94. The molecule has 1 aromatic carbocycles. The first kappa shape index (κ1) is 14.2. The molecule has 0 saturated heterocycles. The number of hydrogen-bond donors (Lipinski definition) is 0. The molecule has 0 aliphatic heterocycles. The van der Waals surface area contributed by atoms with Gasteiger partial charge in [-0.2, -0.15) is 0 Å². The minimum Gasteiger partial charge on any atom is -0.341 e. The van der Waals surface area contributed by atoms with Crippen molar-refractivity contribution in [3.63, 3.8) is 0 Å². The van der Waals surface area contributed by atoms with Gasteiger partial charge in [0.2, 0.25) is 5.91 Å². The van der Waals surface area contributed by atoms with E-state index in [1.807, 2.05) is 24.3 Å². The Labute approximate surface area is 110 Å². The quantitative estimate of drug-likeness (QED) is 0.844. The zero-order valence-electron chi connectivity index (χ0n) is 9.68. The van der Waals surface area contributed by atoms with Crippen LogP contribution in [-0.2, 0) is 21.2 Å². The van der Waals surface area contributed by atoms with E-state index in [0.717, 1.165) is 16.3 Å². The summed E-state index contributed by atoms with van der Waals surface area (Å²) in [7, 11) is -1.68. The molecule has 0 bridgehead atoms. The molecule has 94 valence electrons. The summed E-state index contributed by atoms with van der Waals surface area (Å²) in [5, 5.41) is 0. The van der Waals surface area contributed by atoms with Crippen LogP contribution in [0, 0.1) is 0 Å². The van der Waals surface area contributed by atoms with E-state index in [1.54, 1.807) is 7.05 Å². The van der Waals surface area contributed by atoms with E-state index in [2.05, 4.69) is 15.9 Å². The number of hydrogen-bond acceptors (Lipinski definition) is 3. The highest BCUT2D eigenvalue weighted by molar-refractivity contribution is 9.10. The molecule has 0 fully saturated rings. The van der Waals surface area contributed by atoms with Crippen LogP contribution in [0.15, 0.2) is 28.7 Å². The van der Waals surface area contributed by atoms with E-state index in [9.17, 15) is 13.2 Å². The van der Waals surface area contributed by atoms with Gasteiger partial charge in [0.25, 0.3) is 0 Å². The van der Waals surface area contributed by atoms with Gasteiger partial charge in [0.05, 0.1) is 0 Å². The van der Waals surface area contributed by atoms with Crippen LogP contribution in [-0.4, -0.2) is 38.3 Å². The average Bonchev–Trinajstić information content (AvgIpc) is 2.14. The average molecular weight is 320 g/mol. The molecule has 17 heavy (non-hydrogen) atoms. The fourth-order valence-electron chi connectivity index (χ4n) is 1.33. The summed E-state index contributed by atoms with van der Waals surface area (Å²) in [6.45, 7) is 0.397. The van der Waals surface area contributed by atoms with Crippen LogP contribution in [0.4, 0.5) is 0 Å². The van der Waals surface area contributed by atoms with Gasteiger partial charge in [-0.15, -0.1) is 0 Å². The molecule has 6 heteroatoms. The molecular weight excluding hydrogens is 306 g/mol. The maximum Gasteiger partial charge on any atom is 0.237 e. The lowest BCUT2D eigenvalue weighted by Gasteiger charge is -2.16. The SMILES string of the molecule is CN(Cc1cccc(Br)c1)C(=O)CS(C)(=O)=O. The maximum absolute atomic E-state index is 11.6. The largest absolute Gasteiger partial charge is 0.341 e. The van der Waals surface area contributed by atoms with Crippen molar-refractivity contribution >= 4 is 31.7 Å². The van der Waals surface area contributed by atoms with Gasteiger partial charge in [-0.3, -0.25) is 4.79 Å². The molecule has 1 aromatic rings. The number of carbonyl (C=O) groups is 1. The molecule has 1 amide bonds. The molecule has 1 rings (SSSR count). The first-order chi connectivity index (χ1) is 7.78. The van der Waals surface area contributed by atoms with Crippen molar-refractivity contribution in [3.05, 3.63) is 34.3 Å². The summed E-state index contributed by atoms with van der Waals surface area (Å²) in [6, 6.07) is 7.54. The van der Waals surface area contributed by atoms with E-state index < -0.39 is 21.5 Å². The predicted octanol–water partition coefficient (Wildman–Crippen LogP) is 1.45. The van der Waals surface area contributed by atoms with Crippen LogP contribution >= 0.6 is 15.9 Å². The molecule has 0 N–H and O–H groups in total. The van der Waals surface area contributed by atoms with Gasteiger partial charge in [0.15, 0.2) is 9.84 Å². The second-order valence-electron chi connectivity index (χ2n) is 3.95. The normalized spacial score (nSPS) is 11.2. The second kappa shape index (κ2) is 5.64. The highest BCUT2D eigenvalue weighted by Gasteiger charge is 2.15. The van der Waals surface area contributed by atoms with Gasteiger partial charge in [-0.1, -0.05) is 28.1 Å². The highest BCUT2D eigenvalue weighted by Crippen LogP contribution is 2.13. The standard InChI is InChI=1S/C11H14BrNO3S/c1-13(11(14)8-17(2,15)16)7-9-4-3-5-10(12)6-9/h3-6H,7-8H2,1-2H3. The zero-order valence-corrected chi connectivity index (χ0v) is 12.1. The van der Waals surface area contributed by atoms with Crippen molar-refractivity contribution < 1.29 is 13.2 Å². The lowest BCUT2D eigenvalue weighted by atomic mass is 10.2. The van der Waals surface area contributed by atoms with Gasteiger partial charge in [0.1, 0.15) is 5.75 Å². The Bertz CT molecular complexity index is 513. The van der Waals surface area contributed by atoms with Crippen molar-refractivity contribution in [1.82, 2.24) is 4.90 Å². The summed E-state index contributed by atoms with van der Waals surface area (Å²) < 4.78 is 22.9. The second-order valence-corrected chi connectivity index (χ2v) is 7.01. The minimum atomic E-state index is -3.27. The molecule has 0 saturated carbocycles. The Balaban J connectivity index is 2.66. The number of rotatable bonds is 4. The van der Waals surface area contributed by atoms with Gasteiger partial charge < -0.3 is 4.90 Å². The number of halogens is 1. The summed E-state index contributed by atoms with van der Waals surface area (Å²) in [5.74, 6) is -0.843. The molecule has 0 radical (unpaired) electrons.